The van der Waals surface area contributed by atoms with Crippen molar-refractivity contribution >= 4 is 15.8 Å². The Hall–Kier alpha value is -1.22. The van der Waals surface area contributed by atoms with Gasteiger partial charge in [-0.15, -0.1) is 0 Å². The van der Waals surface area contributed by atoms with Crippen LogP contribution in [0, 0.1) is 5.92 Å². The number of sulfonamides is 1. The minimum Gasteiger partial charge on any atom is -0.376 e. The van der Waals surface area contributed by atoms with Crippen LogP contribution in [0.5, 0.6) is 0 Å². The van der Waals surface area contributed by atoms with Crippen molar-refractivity contribution in [1.29, 1.82) is 0 Å². The van der Waals surface area contributed by atoms with E-state index < -0.39 is 10.0 Å². The highest BCUT2D eigenvalue weighted by molar-refractivity contribution is 7.89. The minimum absolute atomic E-state index is 0.0429. The molecule has 3 N–H and O–H groups in total. The largest absolute Gasteiger partial charge is 0.376 e. The molecule has 4 atom stereocenters. The lowest BCUT2D eigenvalue weighted by molar-refractivity contribution is 0.00524. The van der Waals surface area contributed by atoms with Crippen molar-refractivity contribution in [2.45, 2.75) is 29.5 Å². The SMILES string of the molecule is CN(C)S(=O)(=O)c1ccc(NC2C(N)C3CCOC32)nc1. The van der Waals surface area contributed by atoms with E-state index in [0.717, 1.165) is 17.3 Å². The number of hydrogen-bond acceptors (Lipinski definition) is 6. The van der Waals surface area contributed by atoms with Crippen LogP contribution in [0.3, 0.4) is 0 Å². The number of anilines is 1. The Morgan fingerprint density at radius 1 is 1.43 bits per heavy atom. The summed E-state index contributed by atoms with van der Waals surface area (Å²) in [6, 6.07) is 3.30. The molecule has 3 rings (SSSR count). The molecular weight excluding hydrogens is 292 g/mol. The van der Waals surface area contributed by atoms with Crippen molar-refractivity contribution in [2.24, 2.45) is 11.7 Å². The Labute approximate surface area is 124 Å². The molecule has 4 unspecified atom stereocenters. The summed E-state index contributed by atoms with van der Waals surface area (Å²) in [5, 5.41) is 3.24. The number of nitrogens with one attached hydrogen (secondary N) is 1. The highest BCUT2D eigenvalue weighted by Crippen LogP contribution is 2.39. The average Bonchev–Trinajstić information content (AvgIpc) is 2.90. The van der Waals surface area contributed by atoms with E-state index in [1.165, 1.54) is 20.3 Å². The van der Waals surface area contributed by atoms with Crippen LogP contribution in [-0.2, 0) is 14.8 Å². The number of pyridine rings is 1. The van der Waals surface area contributed by atoms with Crippen LogP contribution in [0.2, 0.25) is 0 Å². The molecule has 116 valence electrons. The molecule has 21 heavy (non-hydrogen) atoms. The van der Waals surface area contributed by atoms with Gasteiger partial charge in [-0.2, -0.15) is 0 Å². The Morgan fingerprint density at radius 2 is 2.19 bits per heavy atom. The second-order valence-corrected chi connectivity index (χ2v) is 7.85. The van der Waals surface area contributed by atoms with E-state index in [2.05, 4.69) is 10.3 Å². The van der Waals surface area contributed by atoms with Crippen molar-refractivity contribution in [3.05, 3.63) is 18.3 Å². The molecule has 7 nitrogen and oxygen atoms in total. The highest BCUT2D eigenvalue weighted by atomic mass is 32.2. The first-order valence-electron chi connectivity index (χ1n) is 6.93. The van der Waals surface area contributed by atoms with Gasteiger partial charge in [0.1, 0.15) is 10.7 Å². The third-order valence-electron chi connectivity index (χ3n) is 4.28. The number of ether oxygens (including phenoxy) is 1. The molecule has 1 saturated carbocycles. The molecule has 0 bridgehead atoms. The maximum atomic E-state index is 12.0. The molecule has 8 heteroatoms. The predicted octanol–water partition coefficient (Wildman–Crippen LogP) is -0.142. The quantitative estimate of drug-likeness (QED) is 0.803. The number of nitrogens with two attached hydrogens (primary N) is 1. The lowest BCUT2D eigenvalue weighted by Gasteiger charge is -2.45. The summed E-state index contributed by atoms with van der Waals surface area (Å²) in [5.41, 5.74) is 6.12. The number of fused-ring (bicyclic) bond motifs is 1. The summed E-state index contributed by atoms with van der Waals surface area (Å²) in [4.78, 5) is 4.34. The Balaban J connectivity index is 1.71. The summed E-state index contributed by atoms with van der Waals surface area (Å²) in [6.07, 6.45) is 2.51. The molecule has 0 amide bonds. The van der Waals surface area contributed by atoms with E-state index in [-0.39, 0.29) is 23.1 Å². The zero-order valence-electron chi connectivity index (χ0n) is 12.1. The van der Waals surface area contributed by atoms with Crippen molar-refractivity contribution in [3.63, 3.8) is 0 Å². The highest BCUT2D eigenvalue weighted by Gasteiger charge is 2.52. The summed E-state index contributed by atoms with van der Waals surface area (Å²) < 4.78 is 30.7. The molecule has 1 saturated heterocycles. The van der Waals surface area contributed by atoms with E-state index in [0.29, 0.717) is 11.7 Å². The Morgan fingerprint density at radius 3 is 2.81 bits per heavy atom. The van der Waals surface area contributed by atoms with Gasteiger partial charge in [-0.3, -0.25) is 0 Å². The van der Waals surface area contributed by atoms with E-state index in [4.69, 9.17) is 10.5 Å². The van der Waals surface area contributed by atoms with Gasteiger partial charge in [0.2, 0.25) is 10.0 Å². The van der Waals surface area contributed by atoms with Gasteiger partial charge in [0.25, 0.3) is 0 Å². The van der Waals surface area contributed by atoms with Gasteiger partial charge in [-0.1, -0.05) is 0 Å². The lowest BCUT2D eigenvalue weighted by Crippen LogP contribution is -2.65. The second kappa shape index (κ2) is 5.20. The van der Waals surface area contributed by atoms with Crippen molar-refractivity contribution in [2.75, 3.05) is 26.0 Å². The number of aromatic nitrogens is 1. The van der Waals surface area contributed by atoms with Gasteiger partial charge in [0.05, 0.1) is 12.1 Å². The van der Waals surface area contributed by atoms with Crippen molar-refractivity contribution < 1.29 is 13.2 Å². The standard InChI is InChI=1S/C13H20N4O3S/c1-17(2)21(18,19)8-3-4-10(15-7-8)16-12-11(14)9-5-6-20-13(9)12/h3-4,7,9,11-13H,5-6,14H2,1-2H3,(H,15,16). The first-order valence-corrected chi connectivity index (χ1v) is 8.37. The molecule has 0 spiro atoms. The monoisotopic (exact) mass is 312 g/mol. The third-order valence-corrected chi connectivity index (χ3v) is 6.07. The zero-order valence-corrected chi connectivity index (χ0v) is 12.9. The first kappa shape index (κ1) is 14.7. The second-order valence-electron chi connectivity index (χ2n) is 5.70. The maximum absolute atomic E-state index is 12.0. The van der Waals surface area contributed by atoms with E-state index in [1.54, 1.807) is 12.1 Å². The average molecular weight is 312 g/mol. The number of hydrogen-bond donors (Lipinski definition) is 2. The predicted molar refractivity (Wildman–Crippen MR) is 78.3 cm³/mol. The molecule has 1 aromatic heterocycles. The molecule has 2 aliphatic rings. The fourth-order valence-corrected chi connectivity index (χ4v) is 3.78. The van der Waals surface area contributed by atoms with Crippen LogP contribution >= 0.6 is 0 Å². The minimum atomic E-state index is -3.45. The molecule has 1 aliphatic carbocycles. The molecule has 2 heterocycles. The van der Waals surface area contributed by atoms with Gasteiger partial charge in [-0.25, -0.2) is 17.7 Å². The summed E-state index contributed by atoms with van der Waals surface area (Å²) in [7, 11) is -0.460. The Bertz CT molecular complexity index is 617. The Kier molecular flexibility index (Phi) is 3.64. The lowest BCUT2D eigenvalue weighted by atomic mass is 9.72. The van der Waals surface area contributed by atoms with Gasteiger partial charge in [0, 0.05) is 38.9 Å². The van der Waals surface area contributed by atoms with Crippen molar-refractivity contribution in [3.8, 4) is 0 Å². The molecular formula is C13H20N4O3S. The topological polar surface area (TPSA) is 97.6 Å². The maximum Gasteiger partial charge on any atom is 0.244 e. The molecule has 0 radical (unpaired) electrons. The van der Waals surface area contributed by atoms with Crippen LogP contribution in [0.15, 0.2) is 23.2 Å². The van der Waals surface area contributed by atoms with Crippen LogP contribution < -0.4 is 11.1 Å². The molecule has 1 aliphatic heterocycles. The van der Waals surface area contributed by atoms with Crippen molar-refractivity contribution in [1.82, 2.24) is 9.29 Å². The first-order chi connectivity index (χ1) is 9.91. The van der Waals surface area contributed by atoms with Gasteiger partial charge < -0.3 is 15.8 Å². The fourth-order valence-electron chi connectivity index (χ4n) is 2.93. The van der Waals surface area contributed by atoms with E-state index in [1.807, 2.05) is 0 Å². The fraction of sp³-hybridized carbons (Fsp3) is 0.615. The van der Waals surface area contributed by atoms with Gasteiger partial charge >= 0.3 is 0 Å². The van der Waals surface area contributed by atoms with Crippen LogP contribution in [0.4, 0.5) is 5.82 Å². The molecule has 2 fully saturated rings. The van der Waals surface area contributed by atoms with E-state index >= 15 is 0 Å². The third kappa shape index (κ3) is 2.42. The molecule has 0 aromatic carbocycles. The number of rotatable bonds is 4. The summed E-state index contributed by atoms with van der Waals surface area (Å²) >= 11 is 0. The van der Waals surface area contributed by atoms with Crippen LogP contribution in [0.25, 0.3) is 0 Å². The summed E-state index contributed by atoms with van der Waals surface area (Å²) in [5.74, 6) is 1.04. The summed E-state index contributed by atoms with van der Waals surface area (Å²) in [6.45, 7) is 0.759. The smallest absolute Gasteiger partial charge is 0.244 e. The van der Waals surface area contributed by atoms with Gasteiger partial charge in [-0.05, 0) is 18.6 Å². The van der Waals surface area contributed by atoms with Gasteiger partial charge in [0.15, 0.2) is 0 Å². The van der Waals surface area contributed by atoms with E-state index in [9.17, 15) is 8.42 Å². The van der Waals surface area contributed by atoms with Crippen LogP contribution in [-0.4, -0.2) is 56.6 Å². The molecule has 1 aromatic rings. The number of nitrogens with zero attached hydrogens (tertiary/aromatic N) is 2. The normalized spacial score (nSPS) is 31.8. The van der Waals surface area contributed by atoms with Crippen LogP contribution in [0.1, 0.15) is 6.42 Å². The zero-order chi connectivity index (χ0) is 15.2.